The summed E-state index contributed by atoms with van der Waals surface area (Å²) >= 11 is 9.56. The first-order chi connectivity index (χ1) is 15.3. The summed E-state index contributed by atoms with van der Waals surface area (Å²) in [6, 6.07) is 4.78. The van der Waals surface area contributed by atoms with Gasteiger partial charge in [-0.15, -0.1) is 0 Å². The number of esters is 4. The lowest BCUT2D eigenvalue weighted by Crippen LogP contribution is -2.70. The van der Waals surface area contributed by atoms with Crippen LogP contribution in [0, 0.1) is 0 Å². The van der Waals surface area contributed by atoms with Crippen molar-refractivity contribution in [3.05, 3.63) is 27.7 Å². The molecule has 1 aliphatic rings. The molecule has 1 saturated heterocycles. The van der Waals surface area contributed by atoms with Crippen molar-refractivity contribution in [1.29, 1.82) is 0 Å². The molecule has 1 aliphatic heterocycles. The van der Waals surface area contributed by atoms with E-state index >= 15 is 0 Å². The fourth-order valence-corrected chi connectivity index (χ4v) is 4.02. The van der Waals surface area contributed by atoms with Crippen LogP contribution in [0.5, 0.6) is 5.75 Å². The SMILES string of the molecule is CC(=O)OC[C@H]1O[C@H](Oc2ccc(Br)cc2Cl)[C@@](C)(OC(C)=O)[C@@H](OC(C)=O)[C@@H]1OC(C)=O. The van der Waals surface area contributed by atoms with Crippen LogP contribution in [-0.2, 0) is 42.9 Å². The minimum atomic E-state index is -1.79. The van der Waals surface area contributed by atoms with Gasteiger partial charge in [-0.25, -0.2) is 0 Å². The lowest BCUT2D eigenvalue weighted by molar-refractivity contribution is -0.321. The Labute approximate surface area is 203 Å². The van der Waals surface area contributed by atoms with E-state index in [-0.39, 0.29) is 17.4 Å². The molecule has 1 heterocycles. The normalized spacial score (nSPS) is 26.6. The Kier molecular flexibility index (Phi) is 9.10. The Hall–Kier alpha value is -2.37. The average Bonchev–Trinajstić information content (AvgIpc) is 2.66. The van der Waals surface area contributed by atoms with Crippen LogP contribution >= 0.6 is 27.5 Å². The fourth-order valence-electron chi connectivity index (χ4n) is 3.30. The molecule has 0 unspecified atom stereocenters. The van der Waals surface area contributed by atoms with Gasteiger partial charge in [-0.1, -0.05) is 27.5 Å². The molecule has 0 N–H and O–H groups in total. The Bertz CT molecular complexity index is 922. The molecule has 2 rings (SSSR count). The predicted octanol–water partition coefficient (Wildman–Crippen LogP) is 2.95. The number of rotatable bonds is 7. The fraction of sp³-hybridized carbons (Fsp3) is 0.524. The molecule has 0 amide bonds. The maximum atomic E-state index is 12.0. The van der Waals surface area contributed by atoms with Crippen LogP contribution in [0.3, 0.4) is 0 Å². The van der Waals surface area contributed by atoms with Crippen molar-refractivity contribution in [3.63, 3.8) is 0 Å². The van der Waals surface area contributed by atoms with Gasteiger partial charge in [0, 0.05) is 32.2 Å². The lowest BCUT2D eigenvalue weighted by Gasteiger charge is -2.49. The van der Waals surface area contributed by atoms with E-state index in [1.165, 1.54) is 13.8 Å². The van der Waals surface area contributed by atoms with Gasteiger partial charge in [0.2, 0.25) is 11.9 Å². The van der Waals surface area contributed by atoms with Crippen LogP contribution in [0.25, 0.3) is 0 Å². The quantitative estimate of drug-likeness (QED) is 0.369. The molecular weight excluding hydrogens is 528 g/mol. The number of carbonyl (C=O) groups excluding carboxylic acids is 4. The van der Waals surface area contributed by atoms with Gasteiger partial charge < -0.3 is 28.4 Å². The highest BCUT2D eigenvalue weighted by Crippen LogP contribution is 2.40. The largest absolute Gasteiger partial charge is 0.463 e. The molecule has 182 valence electrons. The first-order valence-corrected chi connectivity index (χ1v) is 10.9. The van der Waals surface area contributed by atoms with Crippen molar-refractivity contribution in [2.45, 2.75) is 64.8 Å². The smallest absolute Gasteiger partial charge is 0.303 e. The summed E-state index contributed by atoms with van der Waals surface area (Å²) in [4.78, 5) is 47.2. The van der Waals surface area contributed by atoms with Gasteiger partial charge in [0.05, 0.1) is 5.02 Å². The molecule has 5 atom stereocenters. The van der Waals surface area contributed by atoms with Crippen molar-refractivity contribution in [1.82, 2.24) is 0 Å². The molecule has 10 nitrogen and oxygen atoms in total. The first kappa shape index (κ1) is 26.9. The zero-order chi connectivity index (χ0) is 24.9. The third-order valence-corrected chi connectivity index (χ3v) is 5.32. The van der Waals surface area contributed by atoms with Crippen LogP contribution in [0.1, 0.15) is 34.6 Å². The molecule has 0 aromatic heterocycles. The van der Waals surface area contributed by atoms with Gasteiger partial charge in [-0.3, -0.25) is 19.2 Å². The van der Waals surface area contributed by atoms with Crippen LogP contribution in [0.4, 0.5) is 0 Å². The van der Waals surface area contributed by atoms with Crippen molar-refractivity contribution in [2.24, 2.45) is 0 Å². The van der Waals surface area contributed by atoms with Gasteiger partial charge in [0.1, 0.15) is 18.5 Å². The van der Waals surface area contributed by atoms with Gasteiger partial charge in [-0.05, 0) is 25.1 Å². The van der Waals surface area contributed by atoms with E-state index in [1.807, 2.05) is 0 Å². The highest BCUT2D eigenvalue weighted by molar-refractivity contribution is 9.10. The van der Waals surface area contributed by atoms with Gasteiger partial charge in [0.15, 0.2) is 12.2 Å². The Morgan fingerprint density at radius 2 is 1.67 bits per heavy atom. The summed E-state index contributed by atoms with van der Waals surface area (Å²) in [5.74, 6) is -2.67. The van der Waals surface area contributed by atoms with Crippen LogP contribution in [0.15, 0.2) is 22.7 Å². The minimum Gasteiger partial charge on any atom is -0.463 e. The topological polar surface area (TPSA) is 124 Å². The number of benzene rings is 1. The Balaban J connectivity index is 2.57. The monoisotopic (exact) mass is 550 g/mol. The number of hydrogen-bond donors (Lipinski definition) is 0. The highest BCUT2D eigenvalue weighted by atomic mass is 79.9. The van der Waals surface area contributed by atoms with Gasteiger partial charge in [-0.2, -0.15) is 0 Å². The van der Waals surface area contributed by atoms with E-state index < -0.39 is 54.1 Å². The molecule has 12 heteroatoms. The zero-order valence-electron chi connectivity index (χ0n) is 18.6. The van der Waals surface area contributed by atoms with Crippen molar-refractivity contribution in [3.8, 4) is 5.75 Å². The van der Waals surface area contributed by atoms with E-state index in [9.17, 15) is 19.2 Å². The average molecular weight is 552 g/mol. The van der Waals surface area contributed by atoms with Crippen LogP contribution in [0.2, 0.25) is 5.02 Å². The summed E-state index contributed by atoms with van der Waals surface area (Å²) in [6.07, 6.45) is -5.21. The molecule has 33 heavy (non-hydrogen) atoms. The van der Waals surface area contributed by atoms with Crippen molar-refractivity contribution < 1.29 is 47.6 Å². The van der Waals surface area contributed by atoms with Crippen LogP contribution < -0.4 is 4.74 Å². The maximum Gasteiger partial charge on any atom is 0.303 e. The summed E-state index contributed by atoms with van der Waals surface area (Å²) in [7, 11) is 0. The summed E-state index contributed by atoms with van der Waals surface area (Å²) in [5, 5.41) is 0.209. The number of hydrogen-bond acceptors (Lipinski definition) is 10. The summed E-state index contributed by atoms with van der Waals surface area (Å²) in [6.45, 7) is 5.64. The Morgan fingerprint density at radius 1 is 1.03 bits per heavy atom. The van der Waals surface area contributed by atoms with E-state index in [1.54, 1.807) is 18.2 Å². The molecule has 0 spiro atoms. The van der Waals surface area contributed by atoms with Gasteiger partial charge in [0.25, 0.3) is 0 Å². The molecule has 0 saturated carbocycles. The van der Waals surface area contributed by atoms with E-state index in [4.69, 9.17) is 40.0 Å². The standard InChI is InChI=1S/C21H24BrClO10/c1-10(24)28-9-17-18(29-11(2)25)19(30-12(3)26)21(5,33-13(4)27)20(32-17)31-16-7-6-14(22)8-15(16)23/h6-8,17-20H,9H2,1-5H3/t17-,18-,19+,20+,21+/m1/s1. The lowest BCUT2D eigenvalue weighted by atomic mass is 9.87. The first-order valence-electron chi connectivity index (χ1n) is 9.78. The van der Waals surface area contributed by atoms with E-state index in [0.29, 0.717) is 4.47 Å². The number of halogens is 2. The molecule has 0 bridgehead atoms. The summed E-state index contributed by atoms with van der Waals surface area (Å²) < 4.78 is 33.9. The van der Waals surface area contributed by atoms with E-state index in [0.717, 1.165) is 20.8 Å². The molecule has 0 radical (unpaired) electrons. The minimum absolute atomic E-state index is 0.169. The van der Waals surface area contributed by atoms with Crippen molar-refractivity contribution >= 4 is 51.4 Å². The third-order valence-electron chi connectivity index (χ3n) is 4.53. The predicted molar refractivity (Wildman–Crippen MR) is 116 cm³/mol. The van der Waals surface area contributed by atoms with E-state index in [2.05, 4.69) is 15.9 Å². The summed E-state index contributed by atoms with van der Waals surface area (Å²) in [5.41, 5.74) is -1.79. The molecule has 1 aromatic rings. The molecule has 0 aliphatic carbocycles. The molecule has 1 aromatic carbocycles. The molecular formula is C21H24BrClO10. The number of ether oxygens (including phenoxy) is 6. The maximum absolute atomic E-state index is 12.0. The number of carbonyl (C=O) groups is 4. The second-order valence-electron chi connectivity index (χ2n) is 7.38. The second kappa shape index (κ2) is 11.2. The molecule has 1 fully saturated rings. The van der Waals surface area contributed by atoms with Crippen molar-refractivity contribution in [2.75, 3.05) is 6.61 Å². The second-order valence-corrected chi connectivity index (χ2v) is 8.71. The third kappa shape index (κ3) is 7.05. The zero-order valence-corrected chi connectivity index (χ0v) is 20.9. The van der Waals surface area contributed by atoms with Gasteiger partial charge >= 0.3 is 23.9 Å². The Morgan fingerprint density at radius 3 is 2.18 bits per heavy atom. The van der Waals surface area contributed by atoms with Crippen LogP contribution in [-0.4, -0.2) is 60.7 Å². The highest BCUT2D eigenvalue weighted by Gasteiger charge is 2.61.